The molecule has 1 aliphatic rings. The van der Waals surface area contributed by atoms with E-state index in [0.717, 1.165) is 16.3 Å². The quantitative estimate of drug-likeness (QED) is 0.851. The number of nitrogens with one attached hydrogen (secondary N) is 1. The second-order valence-electron chi connectivity index (χ2n) is 5.34. The van der Waals surface area contributed by atoms with Crippen molar-refractivity contribution in [1.82, 2.24) is 4.90 Å². The average molecular weight is 341 g/mol. The Morgan fingerprint density at radius 3 is 2.64 bits per heavy atom. The van der Waals surface area contributed by atoms with Gasteiger partial charge in [-0.15, -0.1) is 11.8 Å². The van der Waals surface area contributed by atoms with Crippen molar-refractivity contribution in [2.24, 2.45) is 5.92 Å². The summed E-state index contributed by atoms with van der Waals surface area (Å²) in [5.74, 6) is 0.981. The Bertz CT molecular complexity index is 557. The summed E-state index contributed by atoms with van der Waals surface area (Å²) in [6, 6.07) is 5.56. The van der Waals surface area contributed by atoms with Gasteiger partial charge in [-0.2, -0.15) is 0 Å². The van der Waals surface area contributed by atoms with E-state index in [1.807, 2.05) is 12.1 Å². The normalized spacial score (nSPS) is 15.7. The number of nitrogens with zero attached hydrogens (tertiary/aromatic N) is 1. The van der Waals surface area contributed by atoms with Crippen molar-refractivity contribution < 1.29 is 9.59 Å². The predicted octanol–water partition coefficient (Wildman–Crippen LogP) is 3.65. The Balaban J connectivity index is 2.00. The second-order valence-corrected chi connectivity index (χ2v) is 7.09. The number of thioether (sulfide) groups is 1. The maximum Gasteiger partial charge on any atom is 0.227 e. The Morgan fingerprint density at radius 1 is 1.36 bits per heavy atom. The first kappa shape index (κ1) is 17.2. The molecule has 120 valence electrons. The number of hydrogen-bond acceptors (Lipinski definition) is 3. The maximum absolute atomic E-state index is 12.4. The Morgan fingerprint density at radius 2 is 2.05 bits per heavy atom. The molecule has 0 saturated carbocycles. The number of rotatable bonds is 4. The van der Waals surface area contributed by atoms with E-state index in [0.29, 0.717) is 31.0 Å². The molecular weight excluding hydrogens is 320 g/mol. The molecule has 1 aliphatic heterocycles. The summed E-state index contributed by atoms with van der Waals surface area (Å²) < 4.78 is 0. The van der Waals surface area contributed by atoms with Crippen LogP contribution in [-0.4, -0.2) is 35.6 Å². The van der Waals surface area contributed by atoms with Crippen LogP contribution in [0.3, 0.4) is 0 Å². The summed E-state index contributed by atoms with van der Waals surface area (Å²) >= 11 is 7.71. The highest BCUT2D eigenvalue weighted by molar-refractivity contribution is 7.99. The fourth-order valence-corrected chi connectivity index (χ4v) is 3.49. The van der Waals surface area contributed by atoms with Crippen molar-refractivity contribution in [1.29, 1.82) is 0 Å². The van der Waals surface area contributed by atoms with E-state index >= 15 is 0 Å². The van der Waals surface area contributed by atoms with Crippen LogP contribution in [0.25, 0.3) is 0 Å². The molecule has 1 aromatic rings. The molecule has 0 atom stereocenters. The van der Waals surface area contributed by atoms with Crippen molar-refractivity contribution in [3.05, 3.63) is 23.2 Å². The SMILES string of the molecule is CCSc1ccc(Cl)cc1NC(=O)C1CCN(C(C)=O)CC1. The highest BCUT2D eigenvalue weighted by atomic mass is 35.5. The third-order valence-electron chi connectivity index (χ3n) is 3.81. The minimum Gasteiger partial charge on any atom is -0.343 e. The molecule has 1 saturated heterocycles. The molecule has 6 heteroatoms. The fourth-order valence-electron chi connectivity index (χ4n) is 2.57. The van der Waals surface area contributed by atoms with E-state index in [1.165, 1.54) is 0 Å². The van der Waals surface area contributed by atoms with Crippen LogP contribution in [0.1, 0.15) is 26.7 Å². The zero-order valence-corrected chi connectivity index (χ0v) is 14.5. The zero-order chi connectivity index (χ0) is 16.1. The van der Waals surface area contributed by atoms with Gasteiger partial charge in [0.15, 0.2) is 0 Å². The lowest BCUT2D eigenvalue weighted by Crippen LogP contribution is -2.40. The molecule has 22 heavy (non-hydrogen) atoms. The Labute approximate surface area is 140 Å². The van der Waals surface area contributed by atoms with Crippen LogP contribution in [0, 0.1) is 5.92 Å². The number of carbonyl (C=O) groups excluding carboxylic acids is 2. The van der Waals surface area contributed by atoms with Gasteiger partial charge in [-0.3, -0.25) is 9.59 Å². The molecule has 0 aromatic heterocycles. The number of carbonyl (C=O) groups is 2. The van der Waals surface area contributed by atoms with Gasteiger partial charge in [-0.25, -0.2) is 0 Å². The maximum atomic E-state index is 12.4. The smallest absolute Gasteiger partial charge is 0.227 e. The minimum absolute atomic E-state index is 0.0171. The second kappa shape index (κ2) is 7.88. The number of likely N-dealkylation sites (tertiary alicyclic amines) is 1. The summed E-state index contributed by atoms with van der Waals surface area (Å²) in [5, 5.41) is 3.62. The number of halogens is 1. The number of benzene rings is 1. The summed E-state index contributed by atoms with van der Waals surface area (Å²) in [6.07, 6.45) is 1.42. The van der Waals surface area contributed by atoms with E-state index in [-0.39, 0.29) is 17.7 Å². The monoisotopic (exact) mass is 340 g/mol. The van der Waals surface area contributed by atoms with Crippen LogP contribution < -0.4 is 5.32 Å². The molecule has 1 fully saturated rings. The molecule has 0 unspecified atom stereocenters. The Hall–Kier alpha value is -1.20. The predicted molar refractivity (Wildman–Crippen MR) is 91.5 cm³/mol. The minimum atomic E-state index is -0.0472. The van der Waals surface area contributed by atoms with Crippen molar-refractivity contribution in [3.63, 3.8) is 0 Å². The highest BCUT2D eigenvalue weighted by Crippen LogP contribution is 2.31. The van der Waals surface area contributed by atoms with Gasteiger partial charge >= 0.3 is 0 Å². The molecule has 1 N–H and O–H groups in total. The van der Waals surface area contributed by atoms with E-state index in [2.05, 4.69) is 12.2 Å². The van der Waals surface area contributed by atoms with Gasteiger partial charge in [0.25, 0.3) is 0 Å². The molecule has 0 spiro atoms. The van der Waals surface area contributed by atoms with E-state index in [4.69, 9.17) is 11.6 Å². The third kappa shape index (κ3) is 4.40. The lowest BCUT2D eigenvalue weighted by molar-refractivity contribution is -0.132. The van der Waals surface area contributed by atoms with Crippen LogP contribution in [0.15, 0.2) is 23.1 Å². The lowest BCUT2D eigenvalue weighted by Gasteiger charge is -2.30. The number of hydrogen-bond donors (Lipinski definition) is 1. The summed E-state index contributed by atoms with van der Waals surface area (Å²) in [4.78, 5) is 26.6. The molecule has 1 heterocycles. The van der Waals surface area contributed by atoms with Crippen molar-refractivity contribution in [3.8, 4) is 0 Å². The molecule has 0 radical (unpaired) electrons. The van der Waals surface area contributed by atoms with Gasteiger partial charge in [0, 0.05) is 35.8 Å². The first-order valence-electron chi connectivity index (χ1n) is 7.50. The summed E-state index contributed by atoms with van der Waals surface area (Å²) in [6.45, 7) is 4.95. The van der Waals surface area contributed by atoms with E-state index in [9.17, 15) is 9.59 Å². The summed E-state index contributed by atoms with van der Waals surface area (Å²) in [5.41, 5.74) is 0.776. The van der Waals surface area contributed by atoms with Crippen molar-refractivity contribution in [2.45, 2.75) is 31.6 Å². The van der Waals surface area contributed by atoms with Gasteiger partial charge < -0.3 is 10.2 Å². The van der Waals surface area contributed by atoms with Crippen molar-refractivity contribution in [2.75, 3.05) is 24.2 Å². The van der Waals surface area contributed by atoms with Gasteiger partial charge in [-0.1, -0.05) is 18.5 Å². The fraction of sp³-hybridized carbons (Fsp3) is 0.500. The molecule has 1 aromatic carbocycles. The molecular formula is C16H21ClN2O2S. The molecule has 2 amide bonds. The lowest BCUT2D eigenvalue weighted by atomic mass is 9.96. The van der Waals surface area contributed by atoms with E-state index < -0.39 is 0 Å². The zero-order valence-electron chi connectivity index (χ0n) is 12.9. The molecule has 0 bridgehead atoms. The summed E-state index contributed by atoms with van der Waals surface area (Å²) in [7, 11) is 0. The third-order valence-corrected chi connectivity index (χ3v) is 5.00. The van der Waals surface area contributed by atoms with E-state index in [1.54, 1.807) is 29.7 Å². The van der Waals surface area contributed by atoms with Crippen LogP contribution >= 0.6 is 23.4 Å². The first-order chi connectivity index (χ1) is 10.5. The number of piperidine rings is 1. The standard InChI is InChI=1S/C16H21ClN2O2S/c1-3-22-15-5-4-13(17)10-14(15)18-16(21)12-6-8-19(9-7-12)11(2)20/h4-5,10,12H,3,6-9H2,1-2H3,(H,18,21). The van der Waals surface area contributed by atoms with Gasteiger partial charge in [-0.05, 0) is 36.8 Å². The van der Waals surface area contributed by atoms with Crippen LogP contribution in [0.5, 0.6) is 0 Å². The van der Waals surface area contributed by atoms with Gasteiger partial charge in [0.2, 0.25) is 11.8 Å². The van der Waals surface area contributed by atoms with Crippen LogP contribution in [-0.2, 0) is 9.59 Å². The molecule has 4 nitrogen and oxygen atoms in total. The van der Waals surface area contributed by atoms with Crippen LogP contribution in [0.4, 0.5) is 5.69 Å². The molecule has 0 aliphatic carbocycles. The number of anilines is 1. The highest BCUT2D eigenvalue weighted by Gasteiger charge is 2.26. The molecule has 2 rings (SSSR count). The van der Waals surface area contributed by atoms with Crippen molar-refractivity contribution >= 4 is 40.9 Å². The topological polar surface area (TPSA) is 49.4 Å². The van der Waals surface area contributed by atoms with Crippen LogP contribution in [0.2, 0.25) is 5.02 Å². The largest absolute Gasteiger partial charge is 0.343 e. The first-order valence-corrected chi connectivity index (χ1v) is 8.86. The van der Waals surface area contributed by atoms with Gasteiger partial charge in [0.05, 0.1) is 5.69 Å². The number of amides is 2. The average Bonchev–Trinajstić information content (AvgIpc) is 2.50. The Kier molecular flexibility index (Phi) is 6.15. The van der Waals surface area contributed by atoms with Gasteiger partial charge in [0.1, 0.15) is 0 Å².